The van der Waals surface area contributed by atoms with E-state index in [1.54, 1.807) is 20.8 Å². The van der Waals surface area contributed by atoms with E-state index in [0.29, 0.717) is 19.7 Å². The van der Waals surface area contributed by atoms with Crippen LogP contribution < -0.4 is 10.1 Å². The Labute approximate surface area is 168 Å². The fourth-order valence-electron chi connectivity index (χ4n) is 3.28. The lowest BCUT2D eigenvalue weighted by Crippen LogP contribution is -2.54. The van der Waals surface area contributed by atoms with Crippen LogP contribution in [0.4, 0.5) is 4.79 Å². The summed E-state index contributed by atoms with van der Waals surface area (Å²) in [4.78, 5) is 27.1. The maximum atomic E-state index is 13.1. The lowest BCUT2D eigenvalue weighted by molar-refractivity contribution is -0.136. The number of hydrogen-bond acceptors (Lipinski definition) is 4. The third kappa shape index (κ3) is 7.06. The van der Waals surface area contributed by atoms with Crippen molar-refractivity contribution in [2.75, 3.05) is 19.7 Å². The summed E-state index contributed by atoms with van der Waals surface area (Å²) in [6.07, 6.45) is 1.41. The number of amides is 2. The number of nitrogens with one attached hydrogen (secondary N) is 1. The first-order valence-corrected chi connectivity index (χ1v) is 10.1. The summed E-state index contributed by atoms with van der Waals surface area (Å²) < 4.78 is 11.2. The molecule has 28 heavy (non-hydrogen) atoms. The van der Waals surface area contributed by atoms with Crippen LogP contribution in [0.25, 0.3) is 0 Å². The lowest BCUT2D eigenvalue weighted by atomic mass is 9.96. The maximum absolute atomic E-state index is 13.1. The molecule has 6 nitrogen and oxygen atoms in total. The highest BCUT2D eigenvalue weighted by atomic mass is 16.6. The van der Waals surface area contributed by atoms with E-state index in [-0.39, 0.29) is 17.7 Å². The second kappa shape index (κ2) is 9.80. The van der Waals surface area contributed by atoms with Gasteiger partial charge in [-0.3, -0.25) is 4.79 Å². The summed E-state index contributed by atoms with van der Waals surface area (Å²) in [6.45, 7) is 11.2. The van der Waals surface area contributed by atoms with Gasteiger partial charge in [0.25, 0.3) is 0 Å². The van der Waals surface area contributed by atoms with Crippen molar-refractivity contribution < 1.29 is 19.1 Å². The molecule has 6 heteroatoms. The predicted octanol–water partition coefficient (Wildman–Crippen LogP) is 3.85. The first-order valence-electron chi connectivity index (χ1n) is 10.1. The minimum absolute atomic E-state index is 0.0269. The number of rotatable bonds is 6. The normalized spacial score (nSPS) is 18.5. The molecule has 1 heterocycles. The molecule has 1 saturated heterocycles. The van der Waals surface area contributed by atoms with Crippen molar-refractivity contribution in [2.45, 2.75) is 59.1 Å². The van der Waals surface area contributed by atoms with Crippen LogP contribution in [-0.2, 0) is 9.53 Å². The Hall–Kier alpha value is -2.24. The van der Waals surface area contributed by atoms with Gasteiger partial charge in [-0.25, -0.2) is 4.79 Å². The molecule has 1 aliphatic heterocycles. The zero-order chi connectivity index (χ0) is 20.7. The molecular weight excluding hydrogens is 356 g/mol. The average molecular weight is 391 g/mol. The van der Waals surface area contributed by atoms with Crippen molar-refractivity contribution in [1.29, 1.82) is 0 Å². The fraction of sp³-hybridized carbons (Fsp3) is 0.636. The van der Waals surface area contributed by atoms with Gasteiger partial charge in [0.15, 0.2) is 0 Å². The van der Waals surface area contributed by atoms with Crippen LogP contribution in [0.3, 0.4) is 0 Å². The standard InChI is InChI=1S/C22H34N2O4/c1-16(2)19(23-21(26)28-22(3,4)5)20(25)24-13-9-10-17(14-24)15-27-18-11-7-6-8-12-18/h6-8,11-12,16-17,19H,9-10,13-15H2,1-5H3,(H,23,26). The predicted molar refractivity (Wildman–Crippen MR) is 109 cm³/mol. The highest BCUT2D eigenvalue weighted by molar-refractivity contribution is 5.86. The van der Waals surface area contributed by atoms with Gasteiger partial charge in [0.05, 0.1) is 6.61 Å². The Morgan fingerprint density at radius 1 is 1.21 bits per heavy atom. The summed E-state index contributed by atoms with van der Waals surface area (Å²) in [5.74, 6) is 1.05. The zero-order valence-electron chi connectivity index (χ0n) is 17.7. The molecule has 1 aromatic rings. The maximum Gasteiger partial charge on any atom is 0.408 e. The van der Waals surface area contributed by atoms with Crippen LogP contribution in [0.2, 0.25) is 0 Å². The minimum atomic E-state index is -0.598. The Morgan fingerprint density at radius 3 is 2.50 bits per heavy atom. The number of nitrogens with zero attached hydrogens (tertiary/aromatic N) is 1. The van der Waals surface area contributed by atoms with Gasteiger partial charge in [-0.15, -0.1) is 0 Å². The highest BCUT2D eigenvalue weighted by Crippen LogP contribution is 2.21. The SMILES string of the molecule is CC(C)C(NC(=O)OC(C)(C)C)C(=O)N1CCCC(COc2ccccc2)C1. The molecule has 0 bridgehead atoms. The van der Waals surface area contributed by atoms with Crippen LogP contribution in [0, 0.1) is 11.8 Å². The topological polar surface area (TPSA) is 67.9 Å². The number of benzene rings is 1. The Bertz CT molecular complexity index is 640. The van der Waals surface area contributed by atoms with Gasteiger partial charge in [-0.1, -0.05) is 32.0 Å². The third-order valence-electron chi connectivity index (χ3n) is 4.66. The van der Waals surface area contributed by atoms with Crippen molar-refractivity contribution in [1.82, 2.24) is 10.2 Å². The van der Waals surface area contributed by atoms with Crippen LogP contribution in [-0.4, -0.2) is 48.2 Å². The number of likely N-dealkylation sites (tertiary alicyclic amines) is 1. The number of ether oxygens (including phenoxy) is 2. The van der Waals surface area contributed by atoms with Crippen molar-refractivity contribution >= 4 is 12.0 Å². The quantitative estimate of drug-likeness (QED) is 0.801. The number of piperidine rings is 1. The molecule has 0 saturated carbocycles. The second-order valence-electron chi connectivity index (χ2n) is 8.78. The average Bonchev–Trinajstić information content (AvgIpc) is 2.63. The van der Waals surface area contributed by atoms with E-state index in [0.717, 1.165) is 18.6 Å². The Morgan fingerprint density at radius 2 is 1.89 bits per heavy atom. The molecule has 1 fully saturated rings. The van der Waals surface area contributed by atoms with E-state index in [1.807, 2.05) is 49.1 Å². The van der Waals surface area contributed by atoms with Gasteiger partial charge >= 0.3 is 6.09 Å². The number of carbonyl (C=O) groups excluding carboxylic acids is 2. The molecule has 2 rings (SSSR count). The fourth-order valence-corrected chi connectivity index (χ4v) is 3.28. The Balaban J connectivity index is 1.93. The largest absolute Gasteiger partial charge is 0.493 e. The van der Waals surface area contributed by atoms with E-state index < -0.39 is 17.7 Å². The summed E-state index contributed by atoms with van der Waals surface area (Å²) in [7, 11) is 0. The number of carbonyl (C=O) groups is 2. The van der Waals surface area contributed by atoms with Crippen molar-refractivity contribution in [3.8, 4) is 5.75 Å². The van der Waals surface area contributed by atoms with E-state index in [9.17, 15) is 9.59 Å². The van der Waals surface area contributed by atoms with Gasteiger partial charge in [0.1, 0.15) is 17.4 Å². The summed E-state index contributed by atoms with van der Waals surface area (Å²) in [5, 5.41) is 2.76. The van der Waals surface area contributed by atoms with E-state index >= 15 is 0 Å². The molecule has 0 aromatic heterocycles. The van der Waals surface area contributed by atoms with Crippen molar-refractivity contribution in [2.24, 2.45) is 11.8 Å². The molecule has 2 amide bonds. The molecule has 0 radical (unpaired) electrons. The van der Waals surface area contributed by atoms with E-state index in [1.165, 1.54) is 0 Å². The number of para-hydroxylation sites is 1. The van der Waals surface area contributed by atoms with Crippen LogP contribution >= 0.6 is 0 Å². The van der Waals surface area contributed by atoms with Gasteiger partial charge < -0.3 is 19.7 Å². The Kier molecular flexibility index (Phi) is 7.72. The molecule has 2 unspecified atom stereocenters. The van der Waals surface area contributed by atoms with E-state index in [2.05, 4.69) is 5.32 Å². The molecular formula is C22H34N2O4. The smallest absolute Gasteiger partial charge is 0.408 e. The third-order valence-corrected chi connectivity index (χ3v) is 4.66. The summed E-state index contributed by atoms with van der Waals surface area (Å²) in [6, 6.07) is 9.13. The highest BCUT2D eigenvalue weighted by Gasteiger charge is 2.33. The van der Waals surface area contributed by atoms with Gasteiger partial charge in [0.2, 0.25) is 5.91 Å². The van der Waals surface area contributed by atoms with Crippen LogP contribution in [0.5, 0.6) is 5.75 Å². The molecule has 1 N–H and O–H groups in total. The zero-order valence-corrected chi connectivity index (χ0v) is 17.7. The first kappa shape index (κ1) is 22.1. The number of hydrogen-bond donors (Lipinski definition) is 1. The molecule has 156 valence electrons. The summed E-state index contributed by atoms with van der Waals surface area (Å²) in [5.41, 5.74) is -0.598. The van der Waals surface area contributed by atoms with Crippen molar-refractivity contribution in [3.05, 3.63) is 30.3 Å². The minimum Gasteiger partial charge on any atom is -0.493 e. The molecule has 2 atom stereocenters. The summed E-state index contributed by atoms with van der Waals surface area (Å²) >= 11 is 0. The van der Waals surface area contributed by atoms with Gasteiger partial charge in [0, 0.05) is 19.0 Å². The molecule has 0 spiro atoms. The van der Waals surface area contributed by atoms with Crippen LogP contribution in [0.15, 0.2) is 30.3 Å². The van der Waals surface area contributed by atoms with Crippen LogP contribution in [0.1, 0.15) is 47.5 Å². The monoisotopic (exact) mass is 390 g/mol. The van der Waals surface area contributed by atoms with Gasteiger partial charge in [-0.05, 0) is 51.7 Å². The molecule has 0 aliphatic carbocycles. The second-order valence-corrected chi connectivity index (χ2v) is 8.78. The van der Waals surface area contributed by atoms with Gasteiger partial charge in [-0.2, -0.15) is 0 Å². The first-order chi connectivity index (χ1) is 13.2. The molecule has 1 aromatic carbocycles. The van der Waals surface area contributed by atoms with E-state index in [4.69, 9.17) is 9.47 Å². The number of alkyl carbamates (subject to hydrolysis) is 1. The lowest BCUT2D eigenvalue weighted by Gasteiger charge is -2.36. The molecule has 1 aliphatic rings. The van der Waals surface area contributed by atoms with Crippen molar-refractivity contribution in [3.63, 3.8) is 0 Å².